The second-order valence-corrected chi connectivity index (χ2v) is 6.44. The zero-order chi connectivity index (χ0) is 18.2. The van der Waals surface area contributed by atoms with Gasteiger partial charge in [-0.05, 0) is 56.5 Å². The Morgan fingerprint density at radius 2 is 1.85 bits per heavy atom. The van der Waals surface area contributed by atoms with Crippen molar-refractivity contribution in [2.45, 2.75) is 25.7 Å². The average Bonchev–Trinajstić information content (AvgIpc) is 2.65. The minimum atomic E-state index is 0. The smallest absolute Gasteiger partial charge is 0.222 e. The molecule has 1 fully saturated rings. The molecule has 0 radical (unpaired) electrons. The number of methoxy groups -OCH3 is 3. The highest BCUT2D eigenvalue weighted by atomic mass is 35.5. The third kappa shape index (κ3) is 5.68. The van der Waals surface area contributed by atoms with Crippen LogP contribution in [0.1, 0.15) is 24.8 Å². The van der Waals surface area contributed by atoms with Gasteiger partial charge in [-0.15, -0.1) is 12.4 Å². The van der Waals surface area contributed by atoms with Gasteiger partial charge in [0.1, 0.15) is 0 Å². The first kappa shape index (κ1) is 22.4. The van der Waals surface area contributed by atoms with Crippen molar-refractivity contribution in [2.24, 2.45) is 5.92 Å². The summed E-state index contributed by atoms with van der Waals surface area (Å²) in [5, 5.41) is 3.21. The number of hydrogen-bond acceptors (Lipinski definition) is 5. The molecule has 148 valence electrons. The zero-order valence-electron chi connectivity index (χ0n) is 16.2. The van der Waals surface area contributed by atoms with Crippen LogP contribution in [0.5, 0.6) is 17.2 Å². The van der Waals surface area contributed by atoms with E-state index in [9.17, 15) is 4.79 Å². The molecule has 1 amide bonds. The molecule has 0 bridgehead atoms. The fourth-order valence-corrected chi connectivity index (χ4v) is 3.44. The Labute approximate surface area is 162 Å². The standard InChI is InChI=1S/C19H30N2O4.ClH/c1-20-12-15-6-5-9-21(13-15)18(22)8-7-14-10-16(23-2)19(25-4)17(11-14)24-3;/h10-11,15,20H,5-9,12-13H2,1-4H3;1H. The lowest BCUT2D eigenvalue weighted by molar-refractivity contribution is -0.132. The number of nitrogens with zero attached hydrogens (tertiary/aromatic N) is 1. The minimum Gasteiger partial charge on any atom is -0.493 e. The van der Waals surface area contributed by atoms with Gasteiger partial charge in [-0.25, -0.2) is 0 Å². The Kier molecular flexibility index (Phi) is 9.59. The maximum Gasteiger partial charge on any atom is 0.222 e. The molecule has 6 nitrogen and oxygen atoms in total. The number of carbonyl (C=O) groups is 1. The fourth-order valence-electron chi connectivity index (χ4n) is 3.44. The number of aryl methyl sites for hydroxylation is 1. The third-order valence-electron chi connectivity index (χ3n) is 4.72. The van der Waals surface area contributed by atoms with E-state index < -0.39 is 0 Å². The molecule has 1 N–H and O–H groups in total. The molecule has 1 aromatic carbocycles. The number of nitrogens with one attached hydrogen (secondary N) is 1. The molecule has 2 rings (SSSR count). The van der Waals surface area contributed by atoms with Crippen LogP contribution in [0.25, 0.3) is 0 Å². The maximum atomic E-state index is 12.6. The largest absolute Gasteiger partial charge is 0.493 e. The molecule has 1 aliphatic rings. The van der Waals surface area contributed by atoms with E-state index in [0.717, 1.165) is 31.6 Å². The fraction of sp³-hybridized carbons (Fsp3) is 0.632. The molecule has 7 heteroatoms. The number of rotatable bonds is 8. The summed E-state index contributed by atoms with van der Waals surface area (Å²) < 4.78 is 16.1. The van der Waals surface area contributed by atoms with Crippen molar-refractivity contribution in [3.63, 3.8) is 0 Å². The van der Waals surface area contributed by atoms with E-state index in [0.29, 0.717) is 36.0 Å². The molecule has 26 heavy (non-hydrogen) atoms. The lowest BCUT2D eigenvalue weighted by atomic mass is 9.97. The molecule has 1 aromatic rings. The van der Waals surface area contributed by atoms with E-state index in [2.05, 4.69) is 5.32 Å². The molecule has 0 spiro atoms. The van der Waals surface area contributed by atoms with Crippen molar-refractivity contribution in [3.8, 4) is 17.2 Å². The highest BCUT2D eigenvalue weighted by Crippen LogP contribution is 2.38. The first-order valence-electron chi connectivity index (χ1n) is 8.84. The predicted molar refractivity (Wildman–Crippen MR) is 105 cm³/mol. The molecule has 1 saturated heterocycles. The number of carbonyl (C=O) groups excluding carboxylic acids is 1. The molecule has 1 atom stereocenters. The van der Waals surface area contributed by atoms with Crippen LogP contribution in [0.15, 0.2) is 12.1 Å². The van der Waals surface area contributed by atoms with Crippen LogP contribution in [0.3, 0.4) is 0 Å². The zero-order valence-corrected chi connectivity index (χ0v) is 17.0. The van der Waals surface area contributed by atoms with E-state index >= 15 is 0 Å². The van der Waals surface area contributed by atoms with Crippen molar-refractivity contribution < 1.29 is 19.0 Å². The van der Waals surface area contributed by atoms with Crippen LogP contribution in [-0.2, 0) is 11.2 Å². The van der Waals surface area contributed by atoms with Gasteiger partial charge in [0, 0.05) is 19.5 Å². The van der Waals surface area contributed by atoms with Gasteiger partial charge < -0.3 is 24.4 Å². The third-order valence-corrected chi connectivity index (χ3v) is 4.72. The summed E-state index contributed by atoms with van der Waals surface area (Å²) in [7, 11) is 6.75. The summed E-state index contributed by atoms with van der Waals surface area (Å²) in [5.41, 5.74) is 1.01. The number of halogens is 1. The molecule has 0 saturated carbocycles. The molecule has 1 heterocycles. The molecule has 1 aliphatic heterocycles. The van der Waals surface area contributed by atoms with Crippen LogP contribution in [0, 0.1) is 5.92 Å². The summed E-state index contributed by atoms with van der Waals surface area (Å²) in [4.78, 5) is 14.6. The highest BCUT2D eigenvalue weighted by Gasteiger charge is 2.23. The summed E-state index contributed by atoms with van der Waals surface area (Å²) >= 11 is 0. The summed E-state index contributed by atoms with van der Waals surface area (Å²) in [6.07, 6.45) is 3.42. The van der Waals surface area contributed by atoms with Gasteiger partial charge in [0.2, 0.25) is 11.7 Å². The van der Waals surface area contributed by atoms with E-state index in [4.69, 9.17) is 14.2 Å². The van der Waals surface area contributed by atoms with E-state index in [1.807, 2.05) is 24.1 Å². The number of piperidine rings is 1. The predicted octanol–water partition coefficient (Wildman–Crippen LogP) is 2.52. The van der Waals surface area contributed by atoms with E-state index in [-0.39, 0.29) is 18.3 Å². The molecule has 0 aromatic heterocycles. The maximum absolute atomic E-state index is 12.6. The number of benzene rings is 1. The Balaban J connectivity index is 0.00000338. The van der Waals surface area contributed by atoms with Crippen molar-refractivity contribution in [1.29, 1.82) is 0 Å². The van der Waals surface area contributed by atoms with Gasteiger partial charge in [0.25, 0.3) is 0 Å². The van der Waals surface area contributed by atoms with Gasteiger partial charge >= 0.3 is 0 Å². The first-order chi connectivity index (χ1) is 12.1. The van der Waals surface area contributed by atoms with Crippen LogP contribution >= 0.6 is 12.4 Å². The highest BCUT2D eigenvalue weighted by molar-refractivity contribution is 5.85. The molecular weight excluding hydrogens is 356 g/mol. The number of hydrogen-bond donors (Lipinski definition) is 1. The van der Waals surface area contributed by atoms with Crippen LogP contribution in [-0.4, -0.2) is 58.8 Å². The molecule has 1 unspecified atom stereocenters. The Bertz CT molecular complexity index is 556. The molecule has 0 aliphatic carbocycles. The van der Waals surface area contributed by atoms with Gasteiger partial charge in [-0.1, -0.05) is 0 Å². The van der Waals surface area contributed by atoms with Crippen LogP contribution < -0.4 is 19.5 Å². The first-order valence-corrected chi connectivity index (χ1v) is 8.84. The number of likely N-dealkylation sites (tertiary alicyclic amines) is 1. The number of ether oxygens (including phenoxy) is 3. The van der Waals surface area contributed by atoms with Gasteiger partial charge in [-0.2, -0.15) is 0 Å². The Morgan fingerprint density at radius 1 is 1.19 bits per heavy atom. The van der Waals surface area contributed by atoms with Crippen molar-refractivity contribution in [1.82, 2.24) is 10.2 Å². The SMILES string of the molecule is CNCC1CCCN(C(=O)CCc2cc(OC)c(OC)c(OC)c2)C1.Cl. The summed E-state index contributed by atoms with van der Waals surface area (Å²) in [5.74, 6) is 2.59. The Morgan fingerprint density at radius 3 is 2.38 bits per heavy atom. The van der Waals surface area contributed by atoms with E-state index in [1.165, 1.54) is 6.42 Å². The monoisotopic (exact) mass is 386 g/mol. The minimum absolute atomic E-state index is 0. The normalized spacial score (nSPS) is 16.6. The average molecular weight is 387 g/mol. The lowest BCUT2D eigenvalue weighted by Crippen LogP contribution is -2.42. The van der Waals surface area contributed by atoms with E-state index in [1.54, 1.807) is 21.3 Å². The van der Waals surface area contributed by atoms with Crippen LogP contribution in [0.2, 0.25) is 0 Å². The van der Waals surface area contributed by atoms with Crippen LogP contribution in [0.4, 0.5) is 0 Å². The van der Waals surface area contributed by atoms with Gasteiger partial charge in [-0.3, -0.25) is 4.79 Å². The lowest BCUT2D eigenvalue weighted by Gasteiger charge is -2.32. The van der Waals surface area contributed by atoms with Gasteiger partial charge in [0.15, 0.2) is 11.5 Å². The molecular formula is C19H31ClN2O4. The second kappa shape index (κ2) is 11.1. The Hall–Kier alpha value is -1.66. The van der Waals surface area contributed by atoms with Crippen molar-refractivity contribution in [2.75, 3.05) is 48.0 Å². The second-order valence-electron chi connectivity index (χ2n) is 6.44. The van der Waals surface area contributed by atoms with Gasteiger partial charge in [0.05, 0.1) is 21.3 Å². The number of amides is 1. The van der Waals surface area contributed by atoms with Crippen molar-refractivity contribution >= 4 is 18.3 Å². The summed E-state index contributed by atoms with van der Waals surface area (Å²) in [6, 6.07) is 3.82. The van der Waals surface area contributed by atoms with Crippen molar-refractivity contribution in [3.05, 3.63) is 17.7 Å². The quantitative estimate of drug-likeness (QED) is 0.743. The topological polar surface area (TPSA) is 60.0 Å². The summed E-state index contributed by atoms with van der Waals surface area (Å²) in [6.45, 7) is 2.69.